The Hall–Kier alpha value is -0.810. The lowest BCUT2D eigenvalue weighted by Gasteiger charge is -2.12. The van der Waals surface area contributed by atoms with Gasteiger partial charge in [0.15, 0.2) is 0 Å². The molecule has 1 rings (SSSR count). The van der Waals surface area contributed by atoms with Crippen molar-refractivity contribution >= 4 is 43.8 Å². The zero-order chi connectivity index (χ0) is 12.5. The highest BCUT2D eigenvalue weighted by Crippen LogP contribution is 2.39. The third kappa shape index (κ3) is 2.47. The Bertz CT molecular complexity index is 452. The van der Waals surface area contributed by atoms with Crippen LogP contribution in [-0.2, 0) is 4.79 Å². The topological polar surface area (TPSA) is 63.3 Å². The highest BCUT2D eigenvalue weighted by molar-refractivity contribution is 9.11. The lowest BCUT2D eigenvalue weighted by Crippen LogP contribution is -2.05. The van der Waals surface area contributed by atoms with Gasteiger partial charge in [-0.25, -0.2) is 0 Å². The van der Waals surface area contributed by atoms with Gasteiger partial charge < -0.3 is 10.8 Å². The fourth-order valence-corrected chi connectivity index (χ4v) is 2.43. The van der Waals surface area contributed by atoms with Gasteiger partial charge in [-0.1, -0.05) is 15.9 Å². The highest BCUT2D eigenvalue weighted by atomic mass is 79.9. The Morgan fingerprint density at radius 1 is 1.25 bits per heavy atom. The molecule has 0 aliphatic carbocycles. The first-order valence-corrected chi connectivity index (χ1v) is 6.09. The molecule has 3 N–H and O–H groups in total. The molecular formula is C11H11Br2NO2. The van der Waals surface area contributed by atoms with Gasteiger partial charge in [0.2, 0.25) is 5.91 Å². The molecule has 1 amide bonds. The van der Waals surface area contributed by atoms with E-state index in [9.17, 15) is 9.90 Å². The van der Waals surface area contributed by atoms with Gasteiger partial charge in [0, 0.05) is 16.1 Å². The zero-order valence-corrected chi connectivity index (χ0v) is 12.0. The minimum Gasteiger partial charge on any atom is -0.506 e. The predicted octanol–water partition coefficient (Wildman–Crippen LogP) is 3.03. The van der Waals surface area contributed by atoms with Crippen LogP contribution < -0.4 is 5.73 Å². The summed E-state index contributed by atoms with van der Waals surface area (Å²) >= 11 is 6.72. The first-order chi connectivity index (χ1) is 7.36. The quantitative estimate of drug-likeness (QED) is 0.807. The van der Waals surface area contributed by atoms with Crippen LogP contribution in [0.15, 0.2) is 15.0 Å². The number of hydrogen-bond acceptors (Lipinski definition) is 2. The number of aromatic hydroxyl groups is 1. The molecule has 0 bridgehead atoms. The summed E-state index contributed by atoms with van der Waals surface area (Å²) < 4.78 is 1.50. The summed E-state index contributed by atoms with van der Waals surface area (Å²) in [4.78, 5) is 10.7. The molecule has 0 saturated heterocycles. The number of nitrogens with two attached hydrogens (primary N) is 1. The lowest BCUT2D eigenvalue weighted by molar-refractivity contribution is -0.113. The van der Waals surface area contributed by atoms with Crippen molar-refractivity contribution < 1.29 is 9.90 Å². The summed E-state index contributed by atoms with van der Waals surface area (Å²) in [7, 11) is 0. The number of phenols is 1. The number of phenolic OH excluding ortho intramolecular Hbond substituents is 1. The van der Waals surface area contributed by atoms with Gasteiger partial charge in [-0.3, -0.25) is 4.79 Å². The molecule has 0 aromatic heterocycles. The summed E-state index contributed by atoms with van der Waals surface area (Å²) in [5.74, 6) is -0.442. The SMILES string of the molecule is Cc1c(Br)c(C)c(/C=C/C(N)=O)c(O)c1Br. The molecular weight excluding hydrogens is 338 g/mol. The molecule has 0 unspecified atom stereocenters. The molecule has 0 spiro atoms. The average Bonchev–Trinajstić information content (AvgIpc) is 2.23. The summed E-state index contributed by atoms with van der Waals surface area (Å²) in [6.07, 6.45) is 2.72. The Morgan fingerprint density at radius 3 is 2.31 bits per heavy atom. The lowest BCUT2D eigenvalue weighted by atomic mass is 10.0. The van der Waals surface area contributed by atoms with Crippen molar-refractivity contribution in [2.75, 3.05) is 0 Å². The Labute approximate surface area is 111 Å². The van der Waals surface area contributed by atoms with Crippen molar-refractivity contribution in [3.05, 3.63) is 31.7 Å². The molecule has 3 nitrogen and oxygen atoms in total. The smallest absolute Gasteiger partial charge is 0.241 e. The molecule has 1 aromatic carbocycles. The van der Waals surface area contributed by atoms with Crippen molar-refractivity contribution in [1.82, 2.24) is 0 Å². The standard InChI is InChI=1S/C11H11Br2NO2/c1-5-7(3-4-8(14)15)11(16)10(13)6(2)9(5)12/h3-4,16H,1-2H3,(H2,14,15)/b4-3+. The second-order valence-corrected chi connectivity index (χ2v) is 4.96. The van der Waals surface area contributed by atoms with Crippen molar-refractivity contribution in [2.45, 2.75) is 13.8 Å². The van der Waals surface area contributed by atoms with E-state index in [0.29, 0.717) is 10.0 Å². The maximum atomic E-state index is 10.7. The largest absolute Gasteiger partial charge is 0.506 e. The molecule has 0 atom stereocenters. The molecule has 0 fully saturated rings. The van der Waals surface area contributed by atoms with Crippen LogP contribution in [0.25, 0.3) is 6.08 Å². The third-order valence-corrected chi connectivity index (χ3v) is 4.43. The number of carbonyl (C=O) groups is 1. The van der Waals surface area contributed by atoms with Crippen LogP contribution in [0.5, 0.6) is 5.75 Å². The van der Waals surface area contributed by atoms with Crippen LogP contribution >= 0.6 is 31.9 Å². The number of benzene rings is 1. The van der Waals surface area contributed by atoms with Crippen LogP contribution in [0.4, 0.5) is 0 Å². The number of amides is 1. The van der Waals surface area contributed by atoms with Gasteiger partial charge in [-0.2, -0.15) is 0 Å². The summed E-state index contributed by atoms with van der Waals surface area (Å²) in [6, 6.07) is 0. The highest BCUT2D eigenvalue weighted by Gasteiger charge is 2.14. The second-order valence-electron chi connectivity index (χ2n) is 3.38. The predicted molar refractivity (Wildman–Crippen MR) is 71.2 cm³/mol. The van der Waals surface area contributed by atoms with E-state index < -0.39 is 5.91 Å². The van der Waals surface area contributed by atoms with Crippen molar-refractivity contribution in [1.29, 1.82) is 0 Å². The maximum Gasteiger partial charge on any atom is 0.241 e. The van der Waals surface area contributed by atoms with E-state index >= 15 is 0 Å². The van der Waals surface area contributed by atoms with Crippen LogP contribution in [0.3, 0.4) is 0 Å². The number of rotatable bonds is 2. The van der Waals surface area contributed by atoms with Gasteiger partial charge in [0.1, 0.15) is 5.75 Å². The van der Waals surface area contributed by atoms with Gasteiger partial charge in [-0.05, 0) is 47.0 Å². The minimum absolute atomic E-state index is 0.107. The third-order valence-electron chi connectivity index (χ3n) is 2.27. The summed E-state index contributed by atoms with van der Waals surface area (Å²) in [6.45, 7) is 3.73. The Kier molecular flexibility index (Phi) is 4.15. The molecule has 5 heteroatoms. The van der Waals surface area contributed by atoms with E-state index in [0.717, 1.165) is 15.6 Å². The van der Waals surface area contributed by atoms with E-state index in [-0.39, 0.29) is 5.75 Å². The molecule has 16 heavy (non-hydrogen) atoms. The van der Waals surface area contributed by atoms with Crippen molar-refractivity contribution in [3.8, 4) is 5.75 Å². The van der Waals surface area contributed by atoms with E-state index in [2.05, 4.69) is 31.9 Å². The zero-order valence-electron chi connectivity index (χ0n) is 8.84. The van der Waals surface area contributed by atoms with E-state index in [1.165, 1.54) is 12.2 Å². The average molecular weight is 349 g/mol. The summed E-state index contributed by atoms with van der Waals surface area (Å²) in [5, 5.41) is 9.93. The van der Waals surface area contributed by atoms with Crippen molar-refractivity contribution in [3.63, 3.8) is 0 Å². The molecule has 0 aliphatic heterocycles. The molecule has 0 heterocycles. The fourth-order valence-electron chi connectivity index (χ4n) is 1.34. The second kappa shape index (κ2) is 5.01. The van der Waals surface area contributed by atoms with Crippen LogP contribution in [0.1, 0.15) is 16.7 Å². The van der Waals surface area contributed by atoms with Crippen LogP contribution in [-0.4, -0.2) is 11.0 Å². The van der Waals surface area contributed by atoms with Gasteiger partial charge >= 0.3 is 0 Å². The van der Waals surface area contributed by atoms with E-state index in [1.807, 2.05) is 13.8 Å². The maximum absolute atomic E-state index is 10.7. The first-order valence-electron chi connectivity index (χ1n) is 4.51. The van der Waals surface area contributed by atoms with Crippen molar-refractivity contribution in [2.24, 2.45) is 5.73 Å². The molecule has 0 radical (unpaired) electrons. The van der Waals surface area contributed by atoms with Gasteiger partial charge in [0.05, 0.1) is 4.47 Å². The minimum atomic E-state index is -0.549. The van der Waals surface area contributed by atoms with Crippen LogP contribution in [0, 0.1) is 13.8 Å². The molecule has 86 valence electrons. The number of primary amides is 1. The number of carbonyl (C=O) groups excluding carboxylic acids is 1. The van der Waals surface area contributed by atoms with E-state index in [4.69, 9.17) is 5.73 Å². The molecule has 0 aliphatic rings. The van der Waals surface area contributed by atoms with Gasteiger partial charge in [-0.15, -0.1) is 0 Å². The monoisotopic (exact) mass is 347 g/mol. The first kappa shape index (κ1) is 13.3. The molecule has 0 saturated carbocycles. The number of hydrogen-bond donors (Lipinski definition) is 2. The summed E-state index contributed by atoms with van der Waals surface area (Å²) in [5.41, 5.74) is 7.35. The molecule has 1 aromatic rings. The Balaban J connectivity index is 3.45. The Morgan fingerprint density at radius 2 is 1.81 bits per heavy atom. The van der Waals surface area contributed by atoms with E-state index in [1.54, 1.807) is 0 Å². The number of halogens is 2. The normalized spacial score (nSPS) is 11.0. The van der Waals surface area contributed by atoms with Crippen LogP contribution in [0.2, 0.25) is 0 Å². The fraction of sp³-hybridized carbons (Fsp3) is 0.182. The van der Waals surface area contributed by atoms with Gasteiger partial charge in [0.25, 0.3) is 0 Å².